The first-order valence-corrected chi connectivity index (χ1v) is 5.90. The Labute approximate surface area is 115 Å². The zero-order chi connectivity index (χ0) is 14.5. The van der Waals surface area contributed by atoms with Gasteiger partial charge in [-0.05, 0) is 23.8 Å². The van der Waals surface area contributed by atoms with E-state index in [0.29, 0.717) is 11.4 Å². The summed E-state index contributed by atoms with van der Waals surface area (Å²) in [4.78, 5) is 10.5. The number of hydrogen-bond acceptors (Lipinski definition) is 5. The lowest BCUT2D eigenvalue weighted by Gasteiger charge is -2.09. The molecule has 0 saturated carbocycles. The van der Waals surface area contributed by atoms with E-state index in [4.69, 9.17) is 15.2 Å². The van der Waals surface area contributed by atoms with Crippen molar-refractivity contribution in [3.8, 4) is 11.5 Å². The third-order valence-corrected chi connectivity index (χ3v) is 2.71. The maximum absolute atomic E-state index is 11.0. The summed E-state index contributed by atoms with van der Waals surface area (Å²) in [7, 11) is 1.49. The second-order valence-electron chi connectivity index (χ2n) is 4.12. The van der Waals surface area contributed by atoms with E-state index in [1.165, 1.54) is 25.3 Å². The number of nitrogens with zero attached hydrogens (tertiary/aromatic N) is 1. The van der Waals surface area contributed by atoms with Crippen LogP contribution >= 0.6 is 0 Å². The smallest absolute Gasteiger partial charge is 0.311 e. The van der Waals surface area contributed by atoms with E-state index >= 15 is 0 Å². The lowest BCUT2D eigenvalue weighted by atomic mass is 10.2. The fourth-order valence-electron chi connectivity index (χ4n) is 1.73. The molecule has 2 aromatic carbocycles. The van der Waals surface area contributed by atoms with Crippen molar-refractivity contribution in [2.75, 3.05) is 12.8 Å². The molecule has 0 aliphatic rings. The number of nitro benzene ring substituents is 1. The van der Waals surface area contributed by atoms with Crippen molar-refractivity contribution < 1.29 is 14.4 Å². The molecule has 6 heteroatoms. The Bertz CT molecular complexity index is 628. The zero-order valence-corrected chi connectivity index (χ0v) is 10.9. The number of methoxy groups -OCH3 is 1. The fourth-order valence-corrected chi connectivity index (χ4v) is 1.73. The van der Waals surface area contributed by atoms with E-state index in [9.17, 15) is 10.1 Å². The number of hydrogen-bond donors (Lipinski definition) is 1. The van der Waals surface area contributed by atoms with Crippen LogP contribution in [0, 0.1) is 10.1 Å². The van der Waals surface area contributed by atoms with E-state index in [1.54, 1.807) is 18.2 Å². The van der Waals surface area contributed by atoms with Crippen molar-refractivity contribution in [3.05, 3.63) is 58.1 Å². The second kappa shape index (κ2) is 5.92. The van der Waals surface area contributed by atoms with Crippen LogP contribution in [-0.4, -0.2) is 12.0 Å². The SMILES string of the molecule is COc1ccc([N+](=O)[O-])c(OCc2cccc(N)c2)c1. The van der Waals surface area contributed by atoms with Crippen molar-refractivity contribution in [1.82, 2.24) is 0 Å². The molecule has 20 heavy (non-hydrogen) atoms. The number of rotatable bonds is 5. The van der Waals surface area contributed by atoms with Crippen molar-refractivity contribution >= 4 is 11.4 Å². The summed E-state index contributed by atoms with van der Waals surface area (Å²) in [6.07, 6.45) is 0. The molecule has 0 amide bonds. The largest absolute Gasteiger partial charge is 0.497 e. The van der Waals surface area contributed by atoms with Gasteiger partial charge in [0.25, 0.3) is 0 Å². The molecule has 0 saturated heterocycles. The molecule has 0 aliphatic heterocycles. The van der Waals surface area contributed by atoms with Crippen LogP contribution in [0.15, 0.2) is 42.5 Å². The van der Waals surface area contributed by atoms with E-state index in [-0.39, 0.29) is 18.0 Å². The minimum Gasteiger partial charge on any atom is -0.497 e. The van der Waals surface area contributed by atoms with Crippen LogP contribution in [-0.2, 0) is 6.61 Å². The van der Waals surface area contributed by atoms with Crippen molar-refractivity contribution in [2.45, 2.75) is 6.61 Å². The molecule has 0 atom stereocenters. The summed E-state index contributed by atoms with van der Waals surface area (Å²) in [5.41, 5.74) is 7.02. The van der Waals surface area contributed by atoms with Gasteiger partial charge in [-0.15, -0.1) is 0 Å². The highest BCUT2D eigenvalue weighted by Gasteiger charge is 2.16. The highest BCUT2D eigenvalue weighted by molar-refractivity contribution is 5.50. The van der Waals surface area contributed by atoms with Crippen LogP contribution < -0.4 is 15.2 Å². The van der Waals surface area contributed by atoms with Crippen LogP contribution in [0.1, 0.15) is 5.56 Å². The number of nitrogen functional groups attached to an aromatic ring is 1. The Balaban J connectivity index is 2.21. The predicted molar refractivity (Wildman–Crippen MR) is 74.8 cm³/mol. The van der Waals surface area contributed by atoms with Gasteiger partial charge in [-0.3, -0.25) is 10.1 Å². The molecular weight excluding hydrogens is 260 g/mol. The van der Waals surface area contributed by atoms with Gasteiger partial charge in [-0.1, -0.05) is 12.1 Å². The molecule has 0 heterocycles. The molecule has 2 rings (SSSR count). The zero-order valence-electron chi connectivity index (χ0n) is 10.9. The van der Waals surface area contributed by atoms with Gasteiger partial charge in [-0.2, -0.15) is 0 Å². The average Bonchev–Trinajstić information content (AvgIpc) is 2.44. The third-order valence-electron chi connectivity index (χ3n) is 2.71. The maximum Gasteiger partial charge on any atom is 0.311 e. The van der Waals surface area contributed by atoms with Crippen molar-refractivity contribution in [1.29, 1.82) is 0 Å². The van der Waals surface area contributed by atoms with Gasteiger partial charge in [0, 0.05) is 17.8 Å². The fraction of sp³-hybridized carbons (Fsp3) is 0.143. The quantitative estimate of drug-likeness (QED) is 0.514. The summed E-state index contributed by atoms with van der Waals surface area (Å²) < 4.78 is 10.5. The molecule has 0 unspecified atom stereocenters. The van der Waals surface area contributed by atoms with Crippen LogP contribution in [0.25, 0.3) is 0 Å². The summed E-state index contributed by atoms with van der Waals surface area (Å²) in [5, 5.41) is 11.0. The van der Waals surface area contributed by atoms with Crippen LogP contribution in [0.5, 0.6) is 11.5 Å². The molecule has 0 bridgehead atoms. The van der Waals surface area contributed by atoms with Crippen LogP contribution in [0.3, 0.4) is 0 Å². The van der Waals surface area contributed by atoms with Gasteiger partial charge < -0.3 is 15.2 Å². The van der Waals surface area contributed by atoms with Gasteiger partial charge in [0.2, 0.25) is 5.75 Å². The third kappa shape index (κ3) is 3.17. The minimum absolute atomic E-state index is 0.102. The Kier molecular flexibility index (Phi) is 4.05. The molecule has 0 fully saturated rings. The average molecular weight is 274 g/mol. The molecule has 104 valence electrons. The number of ether oxygens (including phenoxy) is 2. The van der Waals surface area contributed by atoms with Crippen LogP contribution in [0.4, 0.5) is 11.4 Å². The monoisotopic (exact) mass is 274 g/mol. The number of nitro groups is 1. The lowest BCUT2D eigenvalue weighted by molar-refractivity contribution is -0.386. The number of benzene rings is 2. The summed E-state index contributed by atoms with van der Waals surface area (Å²) in [6, 6.07) is 11.5. The number of nitrogens with two attached hydrogens (primary N) is 1. The highest BCUT2D eigenvalue weighted by Crippen LogP contribution is 2.31. The maximum atomic E-state index is 11.0. The van der Waals surface area contributed by atoms with E-state index in [0.717, 1.165) is 5.56 Å². The van der Waals surface area contributed by atoms with Gasteiger partial charge in [0.15, 0.2) is 0 Å². The number of anilines is 1. The van der Waals surface area contributed by atoms with Crippen molar-refractivity contribution in [3.63, 3.8) is 0 Å². The first kappa shape index (κ1) is 13.7. The standard InChI is InChI=1S/C14H14N2O4/c1-19-12-5-6-13(16(17)18)14(8-12)20-9-10-3-2-4-11(15)7-10/h2-8H,9,15H2,1H3. The molecule has 0 spiro atoms. The Hall–Kier alpha value is -2.76. The topological polar surface area (TPSA) is 87.6 Å². The van der Waals surface area contributed by atoms with E-state index < -0.39 is 4.92 Å². The molecule has 2 aromatic rings. The molecule has 0 aliphatic carbocycles. The van der Waals surface area contributed by atoms with E-state index in [2.05, 4.69) is 0 Å². The lowest BCUT2D eigenvalue weighted by Crippen LogP contribution is -2.00. The predicted octanol–water partition coefficient (Wildman–Crippen LogP) is 2.76. The first-order valence-electron chi connectivity index (χ1n) is 5.90. The van der Waals surface area contributed by atoms with Crippen LogP contribution in [0.2, 0.25) is 0 Å². The van der Waals surface area contributed by atoms with Crippen molar-refractivity contribution in [2.24, 2.45) is 0 Å². The Morgan fingerprint density at radius 1 is 1.25 bits per heavy atom. The molecule has 0 aromatic heterocycles. The molecule has 6 nitrogen and oxygen atoms in total. The Morgan fingerprint density at radius 2 is 2.05 bits per heavy atom. The van der Waals surface area contributed by atoms with Gasteiger partial charge in [-0.25, -0.2) is 0 Å². The summed E-state index contributed by atoms with van der Waals surface area (Å²) in [6.45, 7) is 0.193. The molecule has 0 radical (unpaired) electrons. The highest BCUT2D eigenvalue weighted by atomic mass is 16.6. The molecular formula is C14H14N2O4. The van der Waals surface area contributed by atoms with Gasteiger partial charge in [0.05, 0.1) is 12.0 Å². The normalized spacial score (nSPS) is 10.1. The Morgan fingerprint density at radius 3 is 2.70 bits per heavy atom. The van der Waals surface area contributed by atoms with Gasteiger partial charge in [0.1, 0.15) is 12.4 Å². The summed E-state index contributed by atoms with van der Waals surface area (Å²) >= 11 is 0. The second-order valence-corrected chi connectivity index (χ2v) is 4.12. The van der Waals surface area contributed by atoms with E-state index in [1.807, 2.05) is 6.07 Å². The molecule has 2 N–H and O–H groups in total. The minimum atomic E-state index is -0.492. The first-order chi connectivity index (χ1) is 9.60. The van der Waals surface area contributed by atoms with Gasteiger partial charge >= 0.3 is 5.69 Å². The summed E-state index contributed by atoms with van der Waals surface area (Å²) in [5.74, 6) is 0.662.